The van der Waals surface area contributed by atoms with Gasteiger partial charge < -0.3 is 5.32 Å². The van der Waals surface area contributed by atoms with E-state index in [0.29, 0.717) is 0 Å². The third kappa shape index (κ3) is 4.74. The van der Waals surface area contributed by atoms with Crippen LogP contribution in [0.25, 0.3) is 0 Å². The van der Waals surface area contributed by atoms with Gasteiger partial charge in [0.1, 0.15) is 5.82 Å². The zero-order chi connectivity index (χ0) is 15.4. The number of likely N-dealkylation sites (N-methyl/N-ethyl adjacent to an activating group) is 1. The van der Waals surface area contributed by atoms with Crippen molar-refractivity contribution < 1.29 is 4.39 Å². The van der Waals surface area contributed by atoms with Crippen LogP contribution in [0.3, 0.4) is 0 Å². The maximum Gasteiger partial charge on any atom is 0.123 e. The van der Waals surface area contributed by atoms with Crippen molar-refractivity contribution in [3.63, 3.8) is 0 Å². The SMILES string of the molecule is CCNC(Cc1cc(F)ccc1Br)c1cc(Br)ccc1I. The Bertz CT molecular complexity index is 634. The molecule has 0 aliphatic carbocycles. The van der Waals surface area contributed by atoms with Crippen molar-refractivity contribution in [2.24, 2.45) is 0 Å². The summed E-state index contributed by atoms with van der Waals surface area (Å²) in [5.74, 6) is -0.201. The predicted molar refractivity (Wildman–Crippen MR) is 101 cm³/mol. The van der Waals surface area contributed by atoms with Gasteiger partial charge in [-0.15, -0.1) is 0 Å². The van der Waals surface area contributed by atoms with E-state index >= 15 is 0 Å². The third-order valence-electron chi connectivity index (χ3n) is 3.22. The minimum Gasteiger partial charge on any atom is -0.310 e. The van der Waals surface area contributed by atoms with E-state index in [1.165, 1.54) is 15.2 Å². The molecule has 0 heterocycles. The standard InChI is InChI=1S/C16H15Br2FIN/c1-2-21-16(13-9-11(17)3-6-15(13)20)8-10-7-12(19)4-5-14(10)18/h3-7,9,16,21H,2,8H2,1H3. The summed E-state index contributed by atoms with van der Waals surface area (Å²) in [5, 5.41) is 3.49. The van der Waals surface area contributed by atoms with Crippen LogP contribution in [0.1, 0.15) is 24.1 Å². The maximum atomic E-state index is 13.5. The number of hydrogen-bond acceptors (Lipinski definition) is 1. The molecule has 0 aliphatic rings. The Morgan fingerprint density at radius 2 is 1.95 bits per heavy atom. The van der Waals surface area contributed by atoms with E-state index in [4.69, 9.17) is 0 Å². The summed E-state index contributed by atoms with van der Waals surface area (Å²) >= 11 is 9.38. The number of nitrogens with one attached hydrogen (secondary N) is 1. The molecular weight excluding hydrogens is 512 g/mol. The Balaban J connectivity index is 2.35. The van der Waals surface area contributed by atoms with E-state index in [-0.39, 0.29) is 11.9 Å². The first-order valence-electron chi connectivity index (χ1n) is 6.63. The van der Waals surface area contributed by atoms with Crippen LogP contribution in [-0.2, 0) is 6.42 Å². The molecule has 0 spiro atoms. The average Bonchev–Trinajstić information content (AvgIpc) is 2.45. The Kier molecular flexibility index (Phi) is 6.65. The van der Waals surface area contributed by atoms with Gasteiger partial charge in [-0.3, -0.25) is 0 Å². The van der Waals surface area contributed by atoms with Gasteiger partial charge in [-0.25, -0.2) is 4.39 Å². The molecule has 0 amide bonds. The highest BCUT2D eigenvalue weighted by Gasteiger charge is 2.16. The molecule has 1 nitrogen and oxygen atoms in total. The molecule has 0 fully saturated rings. The minimum absolute atomic E-state index is 0.150. The first-order valence-corrected chi connectivity index (χ1v) is 9.30. The molecule has 1 unspecified atom stereocenters. The van der Waals surface area contributed by atoms with Gasteiger partial charge in [-0.05, 0) is 83.1 Å². The van der Waals surface area contributed by atoms with Crippen molar-refractivity contribution in [3.05, 3.63) is 65.9 Å². The molecule has 0 saturated heterocycles. The fourth-order valence-corrected chi connectivity index (χ4v) is 3.74. The van der Waals surface area contributed by atoms with Crippen molar-refractivity contribution >= 4 is 54.5 Å². The van der Waals surface area contributed by atoms with Crippen LogP contribution in [0.2, 0.25) is 0 Å². The summed E-state index contributed by atoms with van der Waals surface area (Å²) in [6.07, 6.45) is 0.735. The minimum atomic E-state index is -0.201. The maximum absolute atomic E-state index is 13.5. The Labute approximate surface area is 155 Å². The highest BCUT2D eigenvalue weighted by molar-refractivity contribution is 14.1. The quantitative estimate of drug-likeness (QED) is 0.482. The molecule has 21 heavy (non-hydrogen) atoms. The average molecular weight is 527 g/mol. The second-order valence-electron chi connectivity index (χ2n) is 4.72. The monoisotopic (exact) mass is 525 g/mol. The highest BCUT2D eigenvalue weighted by atomic mass is 127. The van der Waals surface area contributed by atoms with Crippen LogP contribution in [-0.4, -0.2) is 6.54 Å². The van der Waals surface area contributed by atoms with Gasteiger partial charge in [0.15, 0.2) is 0 Å². The lowest BCUT2D eigenvalue weighted by Gasteiger charge is -2.21. The summed E-state index contributed by atoms with van der Waals surface area (Å²) in [4.78, 5) is 0. The summed E-state index contributed by atoms with van der Waals surface area (Å²) in [7, 11) is 0. The molecule has 0 bridgehead atoms. The van der Waals surface area contributed by atoms with Gasteiger partial charge in [0, 0.05) is 18.6 Å². The zero-order valence-electron chi connectivity index (χ0n) is 11.5. The molecule has 1 N–H and O–H groups in total. The molecule has 2 aromatic carbocycles. The second kappa shape index (κ2) is 8.04. The fourth-order valence-electron chi connectivity index (χ4n) is 2.24. The Morgan fingerprint density at radius 1 is 1.19 bits per heavy atom. The van der Waals surface area contributed by atoms with Crippen molar-refractivity contribution in [1.82, 2.24) is 5.32 Å². The molecule has 112 valence electrons. The van der Waals surface area contributed by atoms with Crippen LogP contribution in [0.15, 0.2) is 45.3 Å². The van der Waals surface area contributed by atoms with E-state index in [1.807, 2.05) is 6.07 Å². The van der Waals surface area contributed by atoms with Gasteiger partial charge in [0.05, 0.1) is 0 Å². The van der Waals surface area contributed by atoms with Crippen LogP contribution in [0.4, 0.5) is 4.39 Å². The fraction of sp³-hybridized carbons (Fsp3) is 0.250. The van der Waals surface area contributed by atoms with Crippen LogP contribution in [0, 0.1) is 9.39 Å². The lowest BCUT2D eigenvalue weighted by atomic mass is 9.99. The van der Waals surface area contributed by atoms with Crippen LogP contribution >= 0.6 is 54.5 Å². The Morgan fingerprint density at radius 3 is 2.67 bits per heavy atom. The first-order chi connectivity index (χ1) is 10.0. The predicted octanol–water partition coefficient (Wildman–Crippen LogP) is 5.85. The second-order valence-corrected chi connectivity index (χ2v) is 7.65. The number of rotatable bonds is 5. The van der Waals surface area contributed by atoms with E-state index in [9.17, 15) is 4.39 Å². The summed E-state index contributed by atoms with van der Waals surface area (Å²) in [5.41, 5.74) is 2.19. The van der Waals surface area contributed by atoms with Crippen molar-refractivity contribution in [2.45, 2.75) is 19.4 Å². The molecule has 5 heteroatoms. The van der Waals surface area contributed by atoms with Gasteiger partial charge in [-0.1, -0.05) is 38.8 Å². The van der Waals surface area contributed by atoms with Crippen LogP contribution < -0.4 is 5.32 Å². The van der Waals surface area contributed by atoms with Gasteiger partial charge in [0.2, 0.25) is 0 Å². The van der Waals surface area contributed by atoms with E-state index < -0.39 is 0 Å². The summed E-state index contributed by atoms with van der Waals surface area (Å²) < 4.78 is 16.7. The number of halogens is 4. The van der Waals surface area contributed by atoms with Crippen LogP contribution in [0.5, 0.6) is 0 Å². The molecule has 0 radical (unpaired) electrons. The van der Waals surface area contributed by atoms with Gasteiger partial charge >= 0.3 is 0 Å². The molecule has 2 rings (SSSR count). The summed E-state index contributed by atoms with van der Waals surface area (Å²) in [6, 6.07) is 11.2. The highest BCUT2D eigenvalue weighted by Crippen LogP contribution is 2.29. The van der Waals surface area contributed by atoms with Gasteiger partial charge in [0.25, 0.3) is 0 Å². The van der Waals surface area contributed by atoms with Crippen molar-refractivity contribution in [2.75, 3.05) is 6.54 Å². The normalized spacial score (nSPS) is 12.4. The van der Waals surface area contributed by atoms with Gasteiger partial charge in [-0.2, -0.15) is 0 Å². The van der Waals surface area contributed by atoms with E-state index in [0.717, 1.165) is 27.5 Å². The Hall–Kier alpha value is 0.0200. The molecule has 2 aromatic rings. The zero-order valence-corrected chi connectivity index (χ0v) is 16.8. The molecule has 0 aliphatic heterocycles. The topological polar surface area (TPSA) is 12.0 Å². The van der Waals surface area contributed by atoms with E-state index in [1.54, 1.807) is 12.1 Å². The lowest BCUT2D eigenvalue weighted by Crippen LogP contribution is -2.24. The van der Waals surface area contributed by atoms with E-state index in [2.05, 4.69) is 78.8 Å². The lowest BCUT2D eigenvalue weighted by molar-refractivity contribution is 0.543. The molecular formula is C16H15Br2FIN. The molecule has 0 aromatic heterocycles. The number of hydrogen-bond donors (Lipinski definition) is 1. The third-order valence-corrected chi connectivity index (χ3v) is 5.47. The molecule has 1 atom stereocenters. The first kappa shape index (κ1) is 17.4. The smallest absolute Gasteiger partial charge is 0.123 e. The number of benzene rings is 2. The largest absolute Gasteiger partial charge is 0.310 e. The summed E-state index contributed by atoms with van der Waals surface area (Å²) in [6.45, 7) is 2.94. The van der Waals surface area contributed by atoms with Crippen molar-refractivity contribution in [3.8, 4) is 0 Å². The van der Waals surface area contributed by atoms with Crippen molar-refractivity contribution in [1.29, 1.82) is 0 Å². The molecule has 0 saturated carbocycles.